The van der Waals surface area contributed by atoms with Gasteiger partial charge in [-0.2, -0.15) is 0 Å². The molecule has 0 spiro atoms. The van der Waals surface area contributed by atoms with Crippen molar-refractivity contribution in [3.63, 3.8) is 0 Å². The van der Waals surface area contributed by atoms with Gasteiger partial charge in [-0.1, -0.05) is 12.1 Å². The Balaban J connectivity index is 1.42. The first-order valence-corrected chi connectivity index (χ1v) is 9.99. The standard InChI is InChI=1S/C22H25N5O3/c1-29-19-7-3-5-15(20(19)30-2)12-26-22(28)16-6-4-10-27(14-16)17-11-18-21(25-13-17)24-9-8-23-18/h3,5,7-9,11,13,16H,4,6,10,12,14H2,1-2H3,(H,26,28). The monoisotopic (exact) mass is 407 g/mol. The summed E-state index contributed by atoms with van der Waals surface area (Å²) < 4.78 is 10.8. The Morgan fingerprint density at radius 2 is 2.07 bits per heavy atom. The molecule has 1 atom stereocenters. The first-order valence-electron chi connectivity index (χ1n) is 9.99. The van der Waals surface area contributed by atoms with Crippen LogP contribution in [0.25, 0.3) is 11.2 Å². The van der Waals surface area contributed by atoms with E-state index in [0.29, 0.717) is 30.2 Å². The summed E-state index contributed by atoms with van der Waals surface area (Å²) in [6.45, 7) is 1.93. The Morgan fingerprint density at radius 3 is 2.90 bits per heavy atom. The fraction of sp³-hybridized carbons (Fsp3) is 0.364. The van der Waals surface area contributed by atoms with Gasteiger partial charge in [0, 0.05) is 37.6 Å². The first-order chi connectivity index (χ1) is 14.7. The third-order valence-corrected chi connectivity index (χ3v) is 5.40. The third-order valence-electron chi connectivity index (χ3n) is 5.40. The Bertz CT molecular complexity index is 1040. The van der Waals surface area contributed by atoms with E-state index >= 15 is 0 Å². The van der Waals surface area contributed by atoms with E-state index in [1.807, 2.05) is 24.3 Å². The highest BCUT2D eigenvalue weighted by molar-refractivity contribution is 5.80. The van der Waals surface area contributed by atoms with Crippen molar-refractivity contribution in [3.8, 4) is 11.5 Å². The minimum atomic E-state index is -0.0899. The van der Waals surface area contributed by atoms with Crippen LogP contribution in [0.3, 0.4) is 0 Å². The zero-order chi connectivity index (χ0) is 20.9. The molecule has 2 aromatic heterocycles. The number of ether oxygens (including phenoxy) is 2. The molecule has 1 saturated heterocycles. The van der Waals surface area contributed by atoms with Gasteiger partial charge in [0.05, 0.1) is 32.0 Å². The summed E-state index contributed by atoms with van der Waals surface area (Å²) in [6, 6.07) is 7.64. The third kappa shape index (κ3) is 4.12. The van der Waals surface area contributed by atoms with E-state index in [4.69, 9.17) is 9.47 Å². The first kappa shape index (κ1) is 19.9. The van der Waals surface area contributed by atoms with Crippen LogP contribution in [0, 0.1) is 5.92 Å². The summed E-state index contributed by atoms with van der Waals surface area (Å²) in [6.07, 6.45) is 6.90. The van der Waals surface area contributed by atoms with Crippen LogP contribution < -0.4 is 19.7 Å². The van der Waals surface area contributed by atoms with E-state index < -0.39 is 0 Å². The number of piperidine rings is 1. The van der Waals surface area contributed by atoms with Gasteiger partial charge in [0.15, 0.2) is 17.1 Å². The van der Waals surface area contributed by atoms with E-state index in [1.54, 1.807) is 32.8 Å². The maximum Gasteiger partial charge on any atom is 0.225 e. The lowest BCUT2D eigenvalue weighted by Gasteiger charge is -2.33. The molecule has 0 saturated carbocycles. The molecule has 1 N–H and O–H groups in total. The molecule has 0 radical (unpaired) electrons. The molecule has 3 heterocycles. The number of aromatic nitrogens is 3. The molecule has 4 rings (SSSR count). The second-order valence-corrected chi connectivity index (χ2v) is 7.25. The lowest BCUT2D eigenvalue weighted by molar-refractivity contribution is -0.125. The summed E-state index contributed by atoms with van der Waals surface area (Å²) in [5.74, 6) is 1.25. The Hall–Kier alpha value is -3.42. The van der Waals surface area contributed by atoms with Gasteiger partial charge in [-0.25, -0.2) is 9.97 Å². The molecule has 1 aromatic carbocycles. The van der Waals surface area contributed by atoms with Gasteiger partial charge in [-0.3, -0.25) is 9.78 Å². The number of nitrogens with zero attached hydrogens (tertiary/aromatic N) is 4. The fourth-order valence-corrected chi connectivity index (χ4v) is 3.87. The summed E-state index contributed by atoms with van der Waals surface area (Å²) >= 11 is 0. The summed E-state index contributed by atoms with van der Waals surface area (Å²) in [7, 11) is 3.20. The van der Waals surface area contributed by atoms with Crippen molar-refractivity contribution < 1.29 is 14.3 Å². The zero-order valence-corrected chi connectivity index (χ0v) is 17.2. The number of rotatable bonds is 6. The minimum Gasteiger partial charge on any atom is -0.493 e. The number of hydrogen-bond donors (Lipinski definition) is 1. The number of hydrogen-bond acceptors (Lipinski definition) is 7. The molecule has 156 valence electrons. The highest BCUT2D eigenvalue weighted by Crippen LogP contribution is 2.31. The van der Waals surface area contributed by atoms with Crippen LogP contribution >= 0.6 is 0 Å². The van der Waals surface area contributed by atoms with Crippen LogP contribution in [0.15, 0.2) is 42.9 Å². The molecule has 1 aliphatic rings. The maximum atomic E-state index is 12.9. The molecule has 0 aliphatic carbocycles. The molecular weight excluding hydrogens is 382 g/mol. The van der Waals surface area contributed by atoms with E-state index in [-0.39, 0.29) is 11.8 Å². The van der Waals surface area contributed by atoms with Crippen molar-refractivity contribution in [1.82, 2.24) is 20.3 Å². The highest BCUT2D eigenvalue weighted by Gasteiger charge is 2.26. The number of benzene rings is 1. The molecule has 8 heteroatoms. The van der Waals surface area contributed by atoms with Gasteiger partial charge >= 0.3 is 0 Å². The van der Waals surface area contributed by atoms with Crippen molar-refractivity contribution in [2.75, 3.05) is 32.2 Å². The average Bonchev–Trinajstić information content (AvgIpc) is 2.81. The summed E-state index contributed by atoms with van der Waals surface area (Å²) in [5, 5.41) is 3.06. The largest absolute Gasteiger partial charge is 0.493 e. The van der Waals surface area contributed by atoms with Crippen LogP contribution in [0.1, 0.15) is 18.4 Å². The van der Waals surface area contributed by atoms with Gasteiger partial charge in [0.2, 0.25) is 5.91 Å². The number of anilines is 1. The Labute approximate surface area is 175 Å². The lowest BCUT2D eigenvalue weighted by atomic mass is 9.96. The second kappa shape index (κ2) is 8.94. The van der Waals surface area contributed by atoms with E-state index in [2.05, 4.69) is 25.2 Å². The molecular formula is C22H25N5O3. The van der Waals surface area contributed by atoms with Gasteiger partial charge in [0.25, 0.3) is 0 Å². The maximum absolute atomic E-state index is 12.9. The lowest BCUT2D eigenvalue weighted by Crippen LogP contribution is -2.43. The Morgan fingerprint density at radius 1 is 1.20 bits per heavy atom. The predicted octanol–water partition coefficient (Wildman–Crippen LogP) is 2.57. The number of carbonyl (C=O) groups is 1. The highest BCUT2D eigenvalue weighted by atomic mass is 16.5. The Kier molecular flexibility index (Phi) is 5.92. The van der Waals surface area contributed by atoms with Crippen molar-refractivity contribution in [1.29, 1.82) is 0 Å². The molecule has 1 amide bonds. The van der Waals surface area contributed by atoms with Crippen LogP contribution in [-0.2, 0) is 11.3 Å². The van der Waals surface area contributed by atoms with E-state index in [0.717, 1.165) is 36.2 Å². The minimum absolute atomic E-state index is 0.0399. The zero-order valence-electron chi connectivity index (χ0n) is 17.2. The van der Waals surface area contributed by atoms with Crippen LogP contribution in [0.5, 0.6) is 11.5 Å². The van der Waals surface area contributed by atoms with Crippen molar-refractivity contribution in [2.24, 2.45) is 5.92 Å². The number of nitrogens with one attached hydrogen (secondary N) is 1. The second-order valence-electron chi connectivity index (χ2n) is 7.25. The van der Waals surface area contributed by atoms with Crippen LogP contribution in [0.2, 0.25) is 0 Å². The topological polar surface area (TPSA) is 89.5 Å². The summed E-state index contributed by atoms with van der Waals surface area (Å²) in [4.78, 5) is 28.0. The fourth-order valence-electron chi connectivity index (χ4n) is 3.87. The number of para-hydroxylation sites is 1. The van der Waals surface area contributed by atoms with E-state index in [9.17, 15) is 4.79 Å². The van der Waals surface area contributed by atoms with Gasteiger partial charge in [-0.05, 0) is 25.0 Å². The molecule has 3 aromatic rings. The number of fused-ring (bicyclic) bond motifs is 1. The SMILES string of the molecule is COc1cccc(CNC(=O)C2CCCN(c3cnc4nccnc4c3)C2)c1OC. The van der Waals surface area contributed by atoms with Gasteiger partial charge in [-0.15, -0.1) is 0 Å². The molecule has 1 unspecified atom stereocenters. The average molecular weight is 407 g/mol. The van der Waals surface area contributed by atoms with E-state index in [1.165, 1.54) is 0 Å². The predicted molar refractivity (Wildman–Crippen MR) is 114 cm³/mol. The number of carbonyl (C=O) groups excluding carboxylic acids is 1. The summed E-state index contributed by atoms with van der Waals surface area (Å²) in [5.41, 5.74) is 3.23. The quantitative estimate of drug-likeness (QED) is 0.672. The van der Waals surface area contributed by atoms with Crippen LogP contribution in [-0.4, -0.2) is 48.2 Å². The smallest absolute Gasteiger partial charge is 0.225 e. The number of amides is 1. The normalized spacial score (nSPS) is 16.3. The van der Waals surface area contributed by atoms with Crippen LogP contribution in [0.4, 0.5) is 5.69 Å². The molecule has 8 nitrogen and oxygen atoms in total. The number of pyridine rings is 1. The van der Waals surface area contributed by atoms with Gasteiger partial charge < -0.3 is 19.7 Å². The number of methoxy groups -OCH3 is 2. The molecule has 0 bridgehead atoms. The molecule has 1 aliphatic heterocycles. The molecule has 30 heavy (non-hydrogen) atoms. The molecule has 1 fully saturated rings. The van der Waals surface area contributed by atoms with Gasteiger partial charge in [0.1, 0.15) is 5.52 Å². The van der Waals surface area contributed by atoms with Crippen molar-refractivity contribution >= 4 is 22.8 Å². The van der Waals surface area contributed by atoms with Crippen molar-refractivity contribution in [2.45, 2.75) is 19.4 Å². The van der Waals surface area contributed by atoms with Crippen molar-refractivity contribution in [3.05, 3.63) is 48.4 Å².